The summed E-state index contributed by atoms with van der Waals surface area (Å²) in [4.78, 5) is 40.8. The fourth-order valence-electron chi connectivity index (χ4n) is 0.643. The van der Waals surface area contributed by atoms with Gasteiger partial charge < -0.3 is 43.4 Å². The first-order valence-electron chi connectivity index (χ1n) is 6.62. The fourth-order valence-corrected chi connectivity index (χ4v) is 0.643. The molecule has 0 spiro atoms. The number of carboxylic acid groups (broad SMARTS) is 4. The minimum Gasteiger partial charge on any atom is -0.483 e. The smallest absolute Gasteiger partial charge is 0.320 e. The Balaban J connectivity index is -0.000000141. The van der Waals surface area contributed by atoms with Crippen molar-refractivity contribution in [1.82, 2.24) is 0 Å². The molecule has 0 aromatic heterocycles. The standard InChI is InChI=1S/C6H14N4O2.C3H7NO2.C2H4O2.CH2O2/c7-4(5(11)12)2-1-3-10-6(8)9;1-2(4)3(5)6;1-2(3)4;2-1-3/h4H,1-3,7H2,(H,11,12)(H4,8,9,10);2H,4H2,1H3,(H,5,6);1H3,(H,3,4);1H,(H,2,3)/t4-;2-;;/m00../s1. The van der Waals surface area contributed by atoms with Crippen LogP contribution >= 0.6 is 0 Å². The second-order valence-corrected chi connectivity index (χ2v) is 4.14. The molecule has 0 aliphatic carbocycles. The van der Waals surface area contributed by atoms with Gasteiger partial charge in [0.1, 0.15) is 12.1 Å². The molecule has 0 saturated carbocycles. The van der Waals surface area contributed by atoms with Crippen molar-refractivity contribution in [2.75, 3.05) is 6.54 Å². The van der Waals surface area contributed by atoms with Crippen LogP contribution in [0.25, 0.3) is 0 Å². The van der Waals surface area contributed by atoms with Gasteiger partial charge in [0.05, 0.1) is 0 Å². The van der Waals surface area contributed by atoms with Gasteiger partial charge >= 0.3 is 11.9 Å². The number of hydrogen-bond donors (Lipinski definition) is 8. The predicted molar refractivity (Wildman–Crippen MR) is 88.8 cm³/mol. The normalized spacial score (nSPS) is 10.6. The van der Waals surface area contributed by atoms with E-state index in [1.165, 1.54) is 6.92 Å². The summed E-state index contributed by atoms with van der Waals surface area (Å²) in [6.45, 7) is 2.67. The van der Waals surface area contributed by atoms with Gasteiger partial charge in [-0.15, -0.1) is 0 Å². The first-order chi connectivity index (χ1) is 11.3. The van der Waals surface area contributed by atoms with Gasteiger partial charge in [0, 0.05) is 13.5 Å². The lowest BCUT2D eigenvalue weighted by atomic mass is 10.2. The zero-order chi connectivity index (χ0) is 21.0. The zero-order valence-corrected chi connectivity index (χ0v) is 14.0. The molecule has 0 rings (SSSR count). The number of nitrogens with zero attached hydrogens (tertiary/aromatic N) is 1. The molecule has 0 aromatic carbocycles. The highest BCUT2D eigenvalue weighted by Gasteiger charge is 2.09. The number of rotatable bonds is 6. The van der Waals surface area contributed by atoms with Crippen LogP contribution in [-0.4, -0.2) is 69.4 Å². The first kappa shape index (κ1) is 30.0. The van der Waals surface area contributed by atoms with Crippen LogP contribution in [0.1, 0.15) is 26.7 Å². The third-order valence-electron chi connectivity index (χ3n) is 1.67. The molecule has 0 aliphatic rings. The van der Waals surface area contributed by atoms with E-state index in [2.05, 4.69) is 4.99 Å². The molecule has 148 valence electrons. The molecule has 0 fully saturated rings. The minimum atomic E-state index is -1.00. The Bertz CT molecular complexity index is 406. The third kappa shape index (κ3) is 52.6. The highest BCUT2D eigenvalue weighted by atomic mass is 16.4. The van der Waals surface area contributed by atoms with Gasteiger partial charge in [-0.05, 0) is 19.8 Å². The van der Waals surface area contributed by atoms with Crippen molar-refractivity contribution in [3.8, 4) is 0 Å². The predicted octanol–water partition coefficient (Wildman–Crippen LogP) is -2.34. The monoisotopic (exact) mass is 369 g/mol. The molecule has 13 heteroatoms. The summed E-state index contributed by atoms with van der Waals surface area (Å²) in [5, 5.41) is 30.6. The summed E-state index contributed by atoms with van der Waals surface area (Å²) < 4.78 is 0. The van der Waals surface area contributed by atoms with Crippen LogP contribution in [0, 0.1) is 0 Å². The van der Waals surface area contributed by atoms with E-state index in [-0.39, 0.29) is 12.4 Å². The van der Waals surface area contributed by atoms with Gasteiger partial charge in [-0.3, -0.25) is 24.2 Å². The number of aliphatic imine (C=N–C) groups is 1. The van der Waals surface area contributed by atoms with Gasteiger partial charge in [-0.2, -0.15) is 0 Å². The van der Waals surface area contributed by atoms with Gasteiger partial charge in [0.15, 0.2) is 5.96 Å². The average molecular weight is 369 g/mol. The molecular weight excluding hydrogens is 342 g/mol. The van der Waals surface area contributed by atoms with Gasteiger partial charge in [0.2, 0.25) is 0 Å². The van der Waals surface area contributed by atoms with Crippen molar-refractivity contribution >= 4 is 30.3 Å². The SMILES string of the molecule is CC(=O)O.C[C@H](N)C(=O)O.NC(N)=NCCC[C@H](N)C(=O)O.O=CO. The largest absolute Gasteiger partial charge is 0.483 e. The molecule has 0 unspecified atom stereocenters. The molecule has 0 saturated heterocycles. The van der Waals surface area contributed by atoms with Gasteiger partial charge in [0.25, 0.3) is 12.4 Å². The van der Waals surface area contributed by atoms with Crippen LogP contribution in [-0.2, 0) is 19.2 Å². The minimum absolute atomic E-state index is 0.0129. The van der Waals surface area contributed by atoms with Crippen LogP contribution in [0.5, 0.6) is 0 Å². The molecule has 0 amide bonds. The number of guanidine groups is 1. The van der Waals surface area contributed by atoms with Gasteiger partial charge in [-0.25, -0.2) is 0 Å². The summed E-state index contributed by atoms with van der Waals surface area (Å²) in [6, 6.07) is -1.55. The Morgan fingerprint density at radius 3 is 1.60 bits per heavy atom. The molecule has 0 aliphatic heterocycles. The summed E-state index contributed by atoms with van der Waals surface area (Å²) in [5.41, 5.74) is 20.2. The summed E-state index contributed by atoms with van der Waals surface area (Å²) >= 11 is 0. The van der Waals surface area contributed by atoms with E-state index >= 15 is 0 Å². The van der Waals surface area contributed by atoms with Crippen molar-refractivity contribution < 1.29 is 39.6 Å². The van der Waals surface area contributed by atoms with E-state index < -0.39 is 30.0 Å². The first-order valence-corrected chi connectivity index (χ1v) is 6.62. The maximum absolute atomic E-state index is 10.2. The molecule has 0 aromatic rings. The number of carbonyl (C=O) groups is 4. The number of aliphatic carboxylic acids is 3. The lowest BCUT2D eigenvalue weighted by molar-refractivity contribution is -0.139. The van der Waals surface area contributed by atoms with Crippen molar-refractivity contribution in [2.45, 2.75) is 38.8 Å². The van der Waals surface area contributed by atoms with E-state index in [1.807, 2.05) is 0 Å². The average Bonchev–Trinajstić information content (AvgIpc) is 2.43. The Kier molecular flexibility index (Phi) is 25.3. The van der Waals surface area contributed by atoms with Crippen LogP contribution in [0.3, 0.4) is 0 Å². The number of nitrogens with two attached hydrogens (primary N) is 4. The maximum atomic E-state index is 10.2. The van der Waals surface area contributed by atoms with Gasteiger partial charge in [-0.1, -0.05) is 0 Å². The second-order valence-electron chi connectivity index (χ2n) is 4.14. The lowest BCUT2D eigenvalue weighted by Gasteiger charge is -2.03. The molecule has 0 heterocycles. The Morgan fingerprint density at radius 2 is 1.40 bits per heavy atom. The van der Waals surface area contributed by atoms with E-state index in [9.17, 15) is 9.59 Å². The number of hydrogen-bond acceptors (Lipinski definition) is 7. The highest BCUT2D eigenvalue weighted by Crippen LogP contribution is 1.94. The van der Waals surface area contributed by atoms with E-state index in [0.717, 1.165) is 6.92 Å². The molecule has 0 bridgehead atoms. The lowest BCUT2D eigenvalue weighted by Crippen LogP contribution is -2.30. The van der Waals surface area contributed by atoms with Crippen LogP contribution in [0.15, 0.2) is 4.99 Å². The fraction of sp³-hybridized carbons (Fsp3) is 0.583. The Morgan fingerprint density at radius 1 is 1.08 bits per heavy atom. The van der Waals surface area contributed by atoms with Crippen molar-refractivity contribution in [3.05, 3.63) is 0 Å². The van der Waals surface area contributed by atoms with Crippen LogP contribution in [0.2, 0.25) is 0 Å². The molecule has 12 N–H and O–H groups in total. The van der Waals surface area contributed by atoms with Crippen LogP contribution < -0.4 is 22.9 Å². The summed E-state index contributed by atoms with van der Waals surface area (Å²) in [7, 11) is 0. The summed E-state index contributed by atoms with van der Waals surface area (Å²) in [6.07, 6.45) is 0.956. The molecular formula is C12H27N5O8. The van der Waals surface area contributed by atoms with E-state index in [4.69, 9.17) is 52.9 Å². The van der Waals surface area contributed by atoms with Crippen molar-refractivity contribution in [3.63, 3.8) is 0 Å². The molecule has 25 heavy (non-hydrogen) atoms. The number of carboxylic acids is 3. The molecule has 0 radical (unpaired) electrons. The highest BCUT2D eigenvalue weighted by molar-refractivity contribution is 5.75. The van der Waals surface area contributed by atoms with Crippen LogP contribution in [0.4, 0.5) is 0 Å². The Labute approximate surface area is 144 Å². The van der Waals surface area contributed by atoms with E-state index in [0.29, 0.717) is 19.4 Å². The van der Waals surface area contributed by atoms with E-state index in [1.54, 1.807) is 0 Å². The third-order valence-corrected chi connectivity index (χ3v) is 1.67. The second kappa shape index (κ2) is 21.1. The molecule has 13 nitrogen and oxygen atoms in total. The summed E-state index contributed by atoms with van der Waals surface area (Å²) in [5.74, 6) is -2.78. The molecule has 2 atom stereocenters. The topological polar surface area (TPSA) is 266 Å². The quantitative estimate of drug-likeness (QED) is 0.106. The zero-order valence-electron chi connectivity index (χ0n) is 14.0. The van der Waals surface area contributed by atoms with Crippen molar-refractivity contribution in [1.29, 1.82) is 0 Å². The van der Waals surface area contributed by atoms with Crippen molar-refractivity contribution in [2.24, 2.45) is 27.9 Å². The Hall–Kier alpha value is -2.93. The maximum Gasteiger partial charge on any atom is 0.320 e.